The van der Waals surface area contributed by atoms with Crippen molar-refractivity contribution in [2.24, 2.45) is 5.41 Å². The topological polar surface area (TPSA) is 74.7 Å². The van der Waals surface area contributed by atoms with Crippen LogP contribution >= 0.6 is 0 Å². The lowest BCUT2D eigenvalue weighted by atomic mass is 9.70. The minimum absolute atomic E-state index is 0.121. The number of carboxylic acids is 1. The predicted molar refractivity (Wildman–Crippen MR) is 83.1 cm³/mol. The number of benzene rings is 1. The van der Waals surface area contributed by atoms with Gasteiger partial charge in [-0.05, 0) is 36.0 Å². The minimum Gasteiger partial charge on any atom is -0.478 e. The van der Waals surface area contributed by atoms with Gasteiger partial charge in [-0.15, -0.1) is 0 Å². The van der Waals surface area contributed by atoms with Crippen molar-refractivity contribution in [1.82, 2.24) is 4.31 Å². The van der Waals surface area contributed by atoms with E-state index in [1.54, 1.807) is 16.4 Å². The van der Waals surface area contributed by atoms with Crippen LogP contribution in [0.1, 0.15) is 48.0 Å². The van der Waals surface area contributed by atoms with Crippen molar-refractivity contribution in [3.05, 3.63) is 35.4 Å². The molecule has 6 heteroatoms. The molecule has 1 aromatic carbocycles. The van der Waals surface area contributed by atoms with Crippen molar-refractivity contribution in [2.75, 3.05) is 13.1 Å². The van der Waals surface area contributed by atoms with Gasteiger partial charge in [0.15, 0.2) is 0 Å². The van der Waals surface area contributed by atoms with Crippen LogP contribution in [0.3, 0.4) is 0 Å². The summed E-state index contributed by atoms with van der Waals surface area (Å²) in [5.74, 6) is -1.16. The zero-order chi connectivity index (χ0) is 15.8. The van der Waals surface area contributed by atoms with Crippen LogP contribution in [0.15, 0.2) is 24.3 Å². The zero-order valence-electron chi connectivity index (χ0n) is 12.5. The van der Waals surface area contributed by atoms with E-state index in [4.69, 9.17) is 5.11 Å². The fourth-order valence-electron chi connectivity index (χ4n) is 3.61. The lowest BCUT2D eigenvalue weighted by Gasteiger charge is -2.51. The standard InChI is InChI=1S/C16H21NO4S/c18-15(19)14-6-4-5-13(9-14)10-22(20,21)17-11-16(12-17)7-2-1-3-8-16/h4-6,9H,1-3,7-8,10-12H2,(H,18,19). The molecule has 1 spiro atoms. The average molecular weight is 323 g/mol. The van der Waals surface area contributed by atoms with Gasteiger partial charge in [-0.3, -0.25) is 0 Å². The molecule has 22 heavy (non-hydrogen) atoms. The summed E-state index contributed by atoms with van der Waals surface area (Å²) in [7, 11) is -3.35. The van der Waals surface area contributed by atoms with Gasteiger partial charge in [0.25, 0.3) is 0 Å². The van der Waals surface area contributed by atoms with Crippen LogP contribution in [0.5, 0.6) is 0 Å². The fourth-order valence-corrected chi connectivity index (χ4v) is 5.34. The van der Waals surface area contributed by atoms with E-state index in [2.05, 4.69) is 0 Å². The van der Waals surface area contributed by atoms with Gasteiger partial charge in [-0.1, -0.05) is 31.4 Å². The maximum Gasteiger partial charge on any atom is 0.335 e. The fraction of sp³-hybridized carbons (Fsp3) is 0.562. The lowest BCUT2D eigenvalue weighted by Crippen LogP contribution is -2.59. The molecular formula is C16H21NO4S. The molecule has 120 valence electrons. The highest BCUT2D eigenvalue weighted by atomic mass is 32.2. The highest BCUT2D eigenvalue weighted by Crippen LogP contribution is 2.45. The van der Waals surface area contributed by atoms with Crippen molar-refractivity contribution >= 4 is 16.0 Å². The maximum absolute atomic E-state index is 12.5. The first-order valence-corrected chi connectivity index (χ1v) is 9.31. The van der Waals surface area contributed by atoms with Crippen LogP contribution in [0.4, 0.5) is 0 Å². The van der Waals surface area contributed by atoms with E-state index in [1.165, 1.54) is 31.4 Å². The smallest absolute Gasteiger partial charge is 0.335 e. The summed E-state index contributed by atoms with van der Waals surface area (Å²) >= 11 is 0. The summed E-state index contributed by atoms with van der Waals surface area (Å²) in [6, 6.07) is 6.17. The maximum atomic E-state index is 12.5. The summed E-state index contributed by atoms with van der Waals surface area (Å²) in [4.78, 5) is 11.0. The second kappa shape index (κ2) is 5.66. The van der Waals surface area contributed by atoms with Crippen LogP contribution in [-0.2, 0) is 15.8 Å². The zero-order valence-corrected chi connectivity index (χ0v) is 13.3. The second-order valence-electron chi connectivity index (χ2n) is 6.59. The van der Waals surface area contributed by atoms with Crippen LogP contribution < -0.4 is 0 Å². The van der Waals surface area contributed by atoms with E-state index in [0.717, 1.165) is 12.8 Å². The molecule has 2 aliphatic rings. The van der Waals surface area contributed by atoms with Gasteiger partial charge < -0.3 is 5.11 Å². The Hall–Kier alpha value is -1.40. The first-order chi connectivity index (χ1) is 10.4. The highest BCUT2D eigenvalue weighted by molar-refractivity contribution is 7.88. The molecule has 5 nitrogen and oxygen atoms in total. The van der Waals surface area contributed by atoms with Crippen LogP contribution in [0, 0.1) is 5.41 Å². The first-order valence-electron chi connectivity index (χ1n) is 7.70. The van der Waals surface area contributed by atoms with Gasteiger partial charge in [0.1, 0.15) is 0 Å². The monoisotopic (exact) mass is 323 g/mol. The third-order valence-corrected chi connectivity index (χ3v) is 6.60. The first kappa shape index (κ1) is 15.5. The normalized spacial score (nSPS) is 21.5. The molecule has 3 rings (SSSR count). The SMILES string of the molecule is O=C(O)c1cccc(CS(=O)(=O)N2CC3(CCCCC3)C2)c1. The number of rotatable bonds is 4. The molecule has 1 N–H and O–H groups in total. The number of sulfonamides is 1. The second-order valence-corrected chi connectivity index (χ2v) is 8.56. The van der Waals surface area contributed by atoms with E-state index in [1.807, 2.05) is 0 Å². The molecule has 0 atom stereocenters. The molecule has 1 aliphatic carbocycles. The lowest BCUT2D eigenvalue weighted by molar-refractivity contribution is 0.0304. The van der Waals surface area contributed by atoms with Gasteiger partial charge >= 0.3 is 5.97 Å². The summed E-state index contributed by atoms with van der Waals surface area (Å²) in [5.41, 5.74) is 0.873. The molecule has 0 aromatic heterocycles. The largest absolute Gasteiger partial charge is 0.478 e. The van der Waals surface area contributed by atoms with Crippen LogP contribution in [0.2, 0.25) is 0 Å². The molecule has 0 amide bonds. The Bertz CT molecular complexity index is 669. The molecule has 0 unspecified atom stereocenters. The van der Waals surface area contributed by atoms with Gasteiger partial charge in [0, 0.05) is 13.1 Å². The van der Waals surface area contributed by atoms with Gasteiger partial charge in [0.2, 0.25) is 10.0 Å². The number of hydrogen-bond donors (Lipinski definition) is 1. The summed E-state index contributed by atoms with van der Waals surface area (Å²) in [6.07, 6.45) is 5.93. The van der Waals surface area contributed by atoms with Crippen molar-refractivity contribution in [3.63, 3.8) is 0 Å². The van der Waals surface area contributed by atoms with Gasteiger partial charge in [-0.2, -0.15) is 0 Å². The minimum atomic E-state index is -3.35. The Morgan fingerprint density at radius 2 is 1.86 bits per heavy atom. The summed E-state index contributed by atoms with van der Waals surface area (Å²) in [5, 5.41) is 8.98. The molecule has 1 heterocycles. The Morgan fingerprint density at radius 1 is 1.18 bits per heavy atom. The number of nitrogens with zero attached hydrogens (tertiary/aromatic N) is 1. The molecule has 1 aliphatic heterocycles. The van der Waals surface area contributed by atoms with E-state index in [-0.39, 0.29) is 16.7 Å². The molecule has 0 radical (unpaired) electrons. The van der Waals surface area contributed by atoms with Crippen LogP contribution in [-0.4, -0.2) is 36.9 Å². The third-order valence-electron chi connectivity index (χ3n) is 4.85. The molecule has 1 aromatic rings. The highest BCUT2D eigenvalue weighted by Gasteiger charge is 2.47. The van der Waals surface area contributed by atoms with Crippen molar-refractivity contribution in [2.45, 2.75) is 37.9 Å². The Kier molecular flexibility index (Phi) is 3.99. The van der Waals surface area contributed by atoms with E-state index < -0.39 is 16.0 Å². The average Bonchev–Trinajstić information content (AvgIpc) is 2.45. The predicted octanol–water partition coefficient (Wildman–Crippen LogP) is 2.48. The van der Waals surface area contributed by atoms with E-state index in [0.29, 0.717) is 18.7 Å². The molecular weight excluding hydrogens is 302 g/mol. The quantitative estimate of drug-likeness (QED) is 0.923. The number of aromatic carboxylic acids is 1. The molecule has 2 fully saturated rings. The van der Waals surface area contributed by atoms with E-state index >= 15 is 0 Å². The summed E-state index contributed by atoms with van der Waals surface area (Å²) < 4.78 is 26.5. The van der Waals surface area contributed by atoms with Crippen molar-refractivity contribution in [1.29, 1.82) is 0 Å². The molecule has 1 saturated carbocycles. The van der Waals surface area contributed by atoms with Gasteiger partial charge in [0.05, 0.1) is 11.3 Å². The number of hydrogen-bond acceptors (Lipinski definition) is 3. The van der Waals surface area contributed by atoms with Crippen molar-refractivity contribution < 1.29 is 18.3 Å². The Morgan fingerprint density at radius 3 is 2.50 bits per heavy atom. The van der Waals surface area contributed by atoms with E-state index in [9.17, 15) is 13.2 Å². The van der Waals surface area contributed by atoms with Crippen LogP contribution in [0.25, 0.3) is 0 Å². The molecule has 0 bridgehead atoms. The number of carboxylic acid groups (broad SMARTS) is 1. The Balaban J connectivity index is 1.67. The Labute approximate surface area is 131 Å². The number of carbonyl (C=O) groups is 1. The third kappa shape index (κ3) is 3.03. The van der Waals surface area contributed by atoms with Gasteiger partial charge in [-0.25, -0.2) is 17.5 Å². The summed E-state index contributed by atoms with van der Waals surface area (Å²) in [6.45, 7) is 1.27. The van der Waals surface area contributed by atoms with Crippen molar-refractivity contribution in [3.8, 4) is 0 Å². The molecule has 1 saturated heterocycles.